The molecule has 0 radical (unpaired) electrons. The molecular formula is C28H45NO3Si. The Morgan fingerprint density at radius 1 is 1.21 bits per heavy atom. The summed E-state index contributed by atoms with van der Waals surface area (Å²) in [7, 11) is 0.183. The summed E-state index contributed by atoms with van der Waals surface area (Å²) in [6, 6.07) is 8.49. The zero-order chi connectivity index (χ0) is 24.8. The number of benzene rings is 1. The fraction of sp³-hybridized carbons (Fsp3) is 0.679. The second kappa shape index (κ2) is 9.07. The lowest BCUT2D eigenvalue weighted by molar-refractivity contribution is -0.119. The van der Waals surface area contributed by atoms with Crippen LogP contribution >= 0.6 is 0 Å². The maximum absolute atomic E-state index is 13.0. The second-order valence-electron chi connectivity index (χ2n) is 12.7. The van der Waals surface area contributed by atoms with Crippen LogP contribution in [0.2, 0.25) is 18.1 Å². The lowest BCUT2D eigenvalue weighted by Crippen LogP contribution is -2.44. The highest BCUT2D eigenvalue weighted by Crippen LogP contribution is 2.66. The highest BCUT2D eigenvalue weighted by Gasteiger charge is 2.63. The van der Waals surface area contributed by atoms with E-state index in [0.717, 1.165) is 30.5 Å². The molecule has 5 heteroatoms. The van der Waals surface area contributed by atoms with Crippen LogP contribution in [0.25, 0.3) is 6.08 Å². The van der Waals surface area contributed by atoms with Crippen molar-refractivity contribution in [3.8, 4) is 0 Å². The summed E-state index contributed by atoms with van der Waals surface area (Å²) < 4.78 is 6.17. The molecule has 3 unspecified atom stereocenters. The van der Waals surface area contributed by atoms with Crippen LogP contribution in [0.3, 0.4) is 0 Å². The van der Waals surface area contributed by atoms with E-state index in [1.807, 2.05) is 7.05 Å². The number of hydrogen-bond acceptors (Lipinski definition) is 4. The van der Waals surface area contributed by atoms with Crippen LogP contribution in [0, 0.1) is 16.7 Å². The number of rotatable bonds is 8. The molecule has 1 N–H and O–H groups in total. The van der Waals surface area contributed by atoms with Gasteiger partial charge in [0.25, 0.3) is 0 Å². The Hall–Kier alpha value is -1.27. The smallest absolute Gasteiger partial charge is 0.192 e. The molecule has 2 bridgehead atoms. The quantitative estimate of drug-likeness (QED) is 0.378. The third-order valence-corrected chi connectivity index (χ3v) is 13.6. The van der Waals surface area contributed by atoms with Crippen molar-refractivity contribution in [2.75, 3.05) is 20.2 Å². The third kappa shape index (κ3) is 5.07. The maximum Gasteiger partial charge on any atom is 0.192 e. The molecule has 3 atom stereocenters. The topological polar surface area (TPSA) is 49.8 Å². The van der Waals surface area contributed by atoms with Gasteiger partial charge in [-0.1, -0.05) is 65.8 Å². The Labute approximate surface area is 202 Å². The van der Waals surface area contributed by atoms with E-state index in [4.69, 9.17) is 4.43 Å². The van der Waals surface area contributed by atoms with Crippen LogP contribution in [0.4, 0.5) is 0 Å². The third-order valence-electron chi connectivity index (χ3n) is 9.11. The van der Waals surface area contributed by atoms with Gasteiger partial charge in [-0.3, -0.25) is 9.69 Å². The summed E-state index contributed by atoms with van der Waals surface area (Å²) in [6.45, 7) is 19.6. The SMILES string of the molecule is CN(Cc1ccc(/C=C2\C(=O)C3CCC2(C)C3(C)C)cc1)CC(O)CO[Si](C)(C)C(C)(C)C. The molecule has 0 aromatic heterocycles. The van der Waals surface area contributed by atoms with Gasteiger partial charge in [0.1, 0.15) is 0 Å². The van der Waals surface area contributed by atoms with Crippen LogP contribution in [0.5, 0.6) is 0 Å². The van der Waals surface area contributed by atoms with Gasteiger partial charge in [-0.05, 0) is 60.6 Å². The average Bonchev–Trinajstić information content (AvgIpc) is 3.00. The van der Waals surface area contributed by atoms with E-state index < -0.39 is 14.4 Å². The first-order chi connectivity index (χ1) is 15.1. The highest BCUT2D eigenvalue weighted by molar-refractivity contribution is 6.74. The molecule has 0 heterocycles. The second-order valence-corrected chi connectivity index (χ2v) is 17.5. The summed E-state index contributed by atoms with van der Waals surface area (Å²) in [4.78, 5) is 15.1. The number of aliphatic hydroxyl groups excluding tert-OH is 1. The van der Waals surface area contributed by atoms with E-state index in [2.05, 4.69) is 89.9 Å². The minimum Gasteiger partial charge on any atom is -0.414 e. The van der Waals surface area contributed by atoms with Crippen molar-refractivity contribution in [1.29, 1.82) is 0 Å². The summed E-state index contributed by atoms with van der Waals surface area (Å²) in [5, 5.41) is 10.6. The number of allylic oxidation sites excluding steroid dienone is 1. The van der Waals surface area contributed by atoms with Gasteiger partial charge in [0.05, 0.1) is 12.7 Å². The maximum atomic E-state index is 13.0. The number of carbonyl (C=O) groups is 1. The van der Waals surface area contributed by atoms with E-state index in [0.29, 0.717) is 18.9 Å². The molecule has 2 aliphatic carbocycles. The van der Waals surface area contributed by atoms with Crippen molar-refractivity contribution < 1.29 is 14.3 Å². The van der Waals surface area contributed by atoms with Crippen molar-refractivity contribution in [3.05, 3.63) is 41.0 Å². The molecule has 33 heavy (non-hydrogen) atoms. The number of carbonyl (C=O) groups excluding carboxylic acids is 1. The van der Waals surface area contributed by atoms with Gasteiger partial charge in [0.2, 0.25) is 0 Å². The van der Waals surface area contributed by atoms with Gasteiger partial charge in [-0.15, -0.1) is 0 Å². The fourth-order valence-electron chi connectivity index (χ4n) is 5.33. The van der Waals surface area contributed by atoms with Gasteiger partial charge in [0.15, 0.2) is 14.1 Å². The lowest BCUT2D eigenvalue weighted by atomic mass is 9.69. The molecule has 3 rings (SSSR count). The predicted octanol–water partition coefficient (Wildman–Crippen LogP) is 5.91. The highest BCUT2D eigenvalue weighted by atomic mass is 28.4. The standard InChI is InChI=1S/C28H45NO3Si/c1-26(2,3)33(8,9)32-19-22(30)18-29(7)17-21-12-10-20(11-13-21)16-24-25(31)23-14-15-28(24,6)27(23,4)5/h10-13,16,22-23,30H,14-15,17-19H2,1-9H3/b24-16+. The van der Waals surface area contributed by atoms with Crippen LogP contribution in [0.15, 0.2) is 29.8 Å². The summed E-state index contributed by atoms with van der Waals surface area (Å²) in [5.41, 5.74) is 3.34. The monoisotopic (exact) mass is 471 g/mol. The van der Waals surface area contributed by atoms with Crippen molar-refractivity contribution in [2.24, 2.45) is 16.7 Å². The van der Waals surface area contributed by atoms with Crippen molar-refractivity contribution >= 4 is 20.2 Å². The van der Waals surface area contributed by atoms with Crippen LogP contribution in [-0.4, -0.2) is 50.4 Å². The Morgan fingerprint density at radius 3 is 2.33 bits per heavy atom. The van der Waals surface area contributed by atoms with Gasteiger partial charge >= 0.3 is 0 Å². The first-order valence-electron chi connectivity index (χ1n) is 12.4. The molecule has 2 aliphatic rings. The predicted molar refractivity (Wildman–Crippen MR) is 140 cm³/mol. The van der Waals surface area contributed by atoms with E-state index in [1.54, 1.807) is 0 Å². The number of nitrogens with zero attached hydrogens (tertiary/aromatic N) is 1. The normalized spacial score (nSPS) is 27.1. The number of ketones is 1. The number of hydrogen-bond donors (Lipinski definition) is 1. The molecule has 0 saturated heterocycles. The molecule has 1 aromatic carbocycles. The summed E-state index contributed by atoms with van der Waals surface area (Å²) >= 11 is 0. The Morgan fingerprint density at radius 2 is 1.82 bits per heavy atom. The van der Waals surface area contributed by atoms with E-state index in [9.17, 15) is 9.90 Å². The van der Waals surface area contributed by atoms with Crippen molar-refractivity contribution in [3.63, 3.8) is 0 Å². The van der Waals surface area contributed by atoms with Crippen molar-refractivity contribution in [2.45, 2.75) is 85.2 Å². The zero-order valence-corrected chi connectivity index (χ0v) is 23.3. The summed E-state index contributed by atoms with van der Waals surface area (Å²) in [6.07, 6.45) is 3.75. The van der Waals surface area contributed by atoms with E-state index in [1.165, 1.54) is 5.56 Å². The summed E-state index contributed by atoms with van der Waals surface area (Å²) in [5.74, 6) is 0.528. The Kier molecular flexibility index (Phi) is 7.23. The van der Waals surface area contributed by atoms with Gasteiger partial charge in [-0.25, -0.2) is 0 Å². The Bertz CT molecular complexity index is 897. The zero-order valence-electron chi connectivity index (χ0n) is 22.3. The first-order valence-corrected chi connectivity index (χ1v) is 15.4. The first kappa shape index (κ1) is 26.3. The minimum absolute atomic E-state index is 0.0176. The van der Waals surface area contributed by atoms with E-state index in [-0.39, 0.29) is 21.8 Å². The molecule has 2 fully saturated rings. The van der Waals surface area contributed by atoms with Crippen LogP contribution < -0.4 is 0 Å². The van der Waals surface area contributed by atoms with Gasteiger partial charge in [-0.2, -0.15) is 0 Å². The fourth-order valence-corrected chi connectivity index (χ4v) is 6.37. The molecule has 0 amide bonds. The lowest BCUT2D eigenvalue weighted by Gasteiger charge is -2.37. The van der Waals surface area contributed by atoms with E-state index >= 15 is 0 Å². The number of Topliss-reactive ketones (excluding diaryl/α,β-unsaturated/α-hetero) is 1. The molecule has 0 spiro atoms. The van der Waals surface area contributed by atoms with Crippen LogP contribution in [0.1, 0.15) is 65.5 Å². The molecule has 1 aromatic rings. The molecule has 4 nitrogen and oxygen atoms in total. The van der Waals surface area contributed by atoms with Crippen molar-refractivity contribution in [1.82, 2.24) is 4.90 Å². The van der Waals surface area contributed by atoms with Gasteiger partial charge < -0.3 is 9.53 Å². The van der Waals surface area contributed by atoms with Gasteiger partial charge in [0, 0.05) is 30.0 Å². The molecule has 2 saturated carbocycles. The molecular weight excluding hydrogens is 426 g/mol. The van der Waals surface area contributed by atoms with Crippen LogP contribution in [-0.2, 0) is 15.8 Å². The number of fused-ring (bicyclic) bond motifs is 2. The average molecular weight is 472 g/mol. The number of aliphatic hydroxyl groups is 1. The number of likely N-dealkylation sites (N-methyl/N-ethyl adjacent to an activating group) is 1. The minimum atomic E-state index is -1.85. The largest absolute Gasteiger partial charge is 0.414 e. The molecule has 0 aliphatic heterocycles. The Balaban J connectivity index is 1.57. The molecule has 184 valence electrons.